The van der Waals surface area contributed by atoms with Gasteiger partial charge < -0.3 is 82.0 Å². The van der Waals surface area contributed by atoms with Crippen LogP contribution in [0.25, 0.3) is 43.1 Å². The molecule has 4 atom stereocenters. The molecule has 7 aromatic carbocycles. The van der Waals surface area contributed by atoms with Crippen molar-refractivity contribution >= 4 is 66.6 Å². The van der Waals surface area contributed by atoms with Gasteiger partial charge in [-0.1, -0.05) is 91.3 Å². The predicted molar refractivity (Wildman–Crippen MR) is 385 cm³/mol. The number of ether oxygens (including phenoxy) is 13. The lowest BCUT2D eigenvalue weighted by atomic mass is 9.89. The van der Waals surface area contributed by atoms with Gasteiger partial charge in [-0.05, 0) is 116 Å². The lowest BCUT2D eigenvalue weighted by molar-refractivity contribution is -0.0158. The second kappa shape index (κ2) is 47.6. The van der Waals surface area contributed by atoms with E-state index in [2.05, 4.69) is 23.7 Å². The fourth-order valence-corrected chi connectivity index (χ4v) is 12.3. The first-order valence-corrected chi connectivity index (χ1v) is 38.3. The van der Waals surface area contributed by atoms with Gasteiger partial charge >= 0.3 is 23.5 Å². The summed E-state index contributed by atoms with van der Waals surface area (Å²) in [7, 11) is -10.4. The number of methoxy groups -OCH3 is 2. The summed E-state index contributed by atoms with van der Waals surface area (Å²) in [6.45, 7) is 6.78. The molecule has 0 spiro atoms. The minimum Gasteiger partial charge on any atom is -0.497 e. The number of phosphoric acid groups is 3. The minimum atomic E-state index is -4.75. The summed E-state index contributed by atoms with van der Waals surface area (Å²) in [5.74, 6) is 14.7. The van der Waals surface area contributed by atoms with Crippen molar-refractivity contribution in [1.29, 1.82) is 0 Å². The molecule has 0 radical (unpaired) electrons. The van der Waals surface area contributed by atoms with Crippen molar-refractivity contribution in [3.05, 3.63) is 143 Å². The van der Waals surface area contributed by atoms with Crippen molar-refractivity contribution in [2.45, 2.75) is 19.8 Å². The van der Waals surface area contributed by atoms with E-state index in [4.69, 9.17) is 94.5 Å². The van der Waals surface area contributed by atoms with Crippen molar-refractivity contribution in [1.82, 2.24) is 0 Å². The molecule has 0 saturated heterocycles. The molecule has 0 aliphatic rings. The molecule has 0 saturated carbocycles. The smallest absolute Gasteiger partial charge is 0.472 e. The van der Waals surface area contributed by atoms with Crippen molar-refractivity contribution in [2.24, 2.45) is 11.7 Å². The van der Waals surface area contributed by atoms with Gasteiger partial charge in [-0.25, -0.2) is 13.7 Å². The highest BCUT2D eigenvalue weighted by molar-refractivity contribution is 7.47. The van der Waals surface area contributed by atoms with E-state index in [9.17, 15) is 28.4 Å². The molecule has 29 heteroatoms. The number of phosphoric ester groups is 3. The van der Waals surface area contributed by atoms with Gasteiger partial charge in [-0.3, -0.25) is 27.1 Å². The van der Waals surface area contributed by atoms with Crippen LogP contribution in [0.1, 0.15) is 41.2 Å². The van der Waals surface area contributed by atoms with E-state index in [1.165, 1.54) is 0 Å². The maximum absolute atomic E-state index is 13.5. The van der Waals surface area contributed by atoms with Crippen LogP contribution in [-0.2, 0) is 99.4 Å². The number of hydrogen-bond donors (Lipinski definition) is 4. The monoisotopic (exact) mass is 1480 g/mol. The van der Waals surface area contributed by atoms with E-state index < -0.39 is 42.6 Å². The SMILES string of the molecule is CCCOCCOCCOCCOCCOCCOP(=O)(O)OCC(COP(=O)(O)OCCOCCOCCOCCOCCOCCOP(=O)(O)OCCOCCN)Cc1ccc2c(C#Cc3cccc4cc(OC)ccc34)c3ccccc3c(C#Cc3cccc4cc(OC)ccc34)c2c1. The Bertz CT molecular complexity index is 3900. The Kier molecular flexibility index (Phi) is 38.9. The lowest BCUT2D eigenvalue weighted by Crippen LogP contribution is -2.19. The zero-order chi connectivity index (χ0) is 72.4. The summed E-state index contributed by atoms with van der Waals surface area (Å²) >= 11 is 0. The topological polar surface area (TPSA) is 313 Å². The van der Waals surface area contributed by atoms with Gasteiger partial charge in [0.1, 0.15) is 11.5 Å². The zero-order valence-corrected chi connectivity index (χ0v) is 60.9. The maximum atomic E-state index is 13.5. The molecule has 558 valence electrons. The summed E-state index contributed by atoms with van der Waals surface area (Å²) < 4.78 is 141. The predicted octanol–water partition coefficient (Wildman–Crippen LogP) is 10.2. The molecule has 5 N–H and O–H groups in total. The van der Waals surface area contributed by atoms with E-state index in [-0.39, 0.29) is 112 Å². The van der Waals surface area contributed by atoms with Gasteiger partial charge in [0.2, 0.25) is 0 Å². The third-order valence-corrected chi connectivity index (χ3v) is 17.9. The first-order chi connectivity index (χ1) is 49.7. The summed E-state index contributed by atoms with van der Waals surface area (Å²) in [5.41, 5.74) is 9.14. The molecule has 0 aromatic heterocycles. The van der Waals surface area contributed by atoms with Gasteiger partial charge in [-0.15, -0.1) is 0 Å². The summed E-state index contributed by atoms with van der Waals surface area (Å²) in [4.78, 5) is 31.6. The highest BCUT2D eigenvalue weighted by atomic mass is 31.2. The molecule has 0 amide bonds. The Labute approximate surface area is 596 Å². The van der Waals surface area contributed by atoms with Gasteiger partial charge in [0.25, 0.3) is 0 Å². The van der Waals surface area contributed by atoms with Crippen LogP contribution in [0.5, 0.6) is 11.5 Å². The third kappa shape index (κ3) is 31.1. The third-order valence-electron chi connectivity index (χ3n) is 14.9. The maximum Gasteiger partial charge on any atom is 0.472 e. The van der Waals surface area contributed by atoms with Crippen LogP contribution >= 0.6 is 23.5 Å². The highest BCUT2D eigenvalue weighted by Crippen LogP contribution is 2.46. The molecule has 0 aliphatic heterocycles. The van der Waals surface area contributed by atoms with Gasteiger partial charge in [-0.2, -0.15) is 0 Å². The summed E-state index contributed by atoms with van der Waals surface area (Å²) in [6.07, 6.45) is 1.07. The Hall–Kier alpha value is -5.85. The fraction of sp³-hybridized carbons (Fsp3) is 0.479. The molecule has 0 heterocycles. The van der Waals surface area contributed by atoms with Crippen molar-refractivity contribution in [3.63, 3.8) is 0 Å². The second-order valence-corrected chi connectivity index (χ2v) is 26.7. The van der Waals surface area contributed by atoms with Gasteiger partial charge in [0.15, 0.2) is 0 Å². The Morgan fingerprint density at radius 1 is 0.353 bits per heavy atom. The number of fused-ring (bicyclic) bond motifs is 4. The summed E-state index contributed by atoms with van der Waals surface area (Å²) in [5, 5.41) is 7.15. The molecule has 0 bridgehead atoms. The quantitative estimate of drug-likeness (QED) is 0.0119. The average Bonchev–Trinajstić information content (AvgIpc) is 0.749. The van der Waals surface area contributed by atoms with Crippen LogP contribution in [0.3, 0.4) is 0 Å². The molecule has 0 fully saturated rings. The second-order valence-electron chi connectivity index (χ2n) is 22.4. The number of nitrogens with two attached hydrogens (primary N) is 1. The van der Waals surface area contributed by atoms with E-state index in [0.29, 0.717) is 78.2 Å². The van der Waals surface area contributed by atoms with Gasteiger partial charge in [0.05, 0.1) is 193 Å². The van der Waals surface area contributed by atoms with E-state index in [1.54, 1.807) is 14.2 Å². The molecule has 102 heavy (non-hydrogen) atoms. The van der Waals surface area contributed by atoms with Crippen LogP contribution in [0, 0.1) is 29.6 Å². The Morgan fingerprint density at radius 2 is 0.686 bits per heavy atom. The van der Waals surface area contributed by atoms with Gasteiger partial charge in [0, 0.05) is 41.3 Å². The molecule has 0 aliphatic carbocycles. The fourth-order valence-electron chi connectivity index (χ4n) is 10.0. The van der Waals surface area contributed by atoms with Crippen LogP contribution in [0.2, 0.25) is 0 Å². The van der Waals surface area contributed by atoms with E-state index >= 15 is 0 Å². The Morgan fingerprint density at radius 3 is 1.06 bits per heavy atom. The molecule has 4 unspecified atom stereocenters. The normalized spacial score (nSPS) is 13.7. The van der Waals surface area contributed by atoms with Crippen LogP contribution in [0.15, 0.2) is 115 Å². The average molecular weight is 1480 g/mol. The number of hydrogen-bond acceptors (Lipinski definition) is 23. The minimum absolute atomic E-state index is 0.0461. The standard InChI is InChI=1S/C73H96NO25P3/c1-4-26-83-28-29-85-30-31-86-32-35-89-39-42-92-46-50-96-101(77,78)98-56-59(57-99-102(79,80)97-51-47-93-43-40-90-37-34-87-33-36-88-38-41-91-45-49-95-100(75,76)94-48-44-84-27-25-74)52-58-15-20-71-70(21-16-60-9-7-11-62-54-64(81-2)18-23-66(60)62)68-13-5-6-14-69(68)72(73(71)53-58)22-17-61-10-8-12-63-55-65(82-3)19-24-67(61)63/h5-15,18-20,23-24,53-55,59H,4,25-52,56-57,74H2,1-3H3,(H,75,76)(H,77,78)(H,79,80). The molecule has 7 aromatic rings. The van der Waals surface area contributed by atoms with Crippen LogP contribution < -0.4 is 15.2 Å². The first-order valence-electron chi connectivity index (χ1n) is 33.8. The first kappa shape index (κ1) is 83.4. The molecular weight excluding hydrogens is 1380 g/mol. The van der Waals surface area contributed by atoms with Crippen LogP contribution in [-0.4, -0.2) is 220 Å². The van der Waals surface area contributed by atoms with E-state index in [1.807, 2.05) is 122 Å². The van der Waals surface area contributed by atoms with Crippen molar-refractivity contribution in [3.8, 4) is 35.2 Å². The van der Waals surface area contributed by atoms with Crippen molar-refractivity contribution < 1.29 is 117 Å². The van der Waals surface area contributed by atoms with Crippen LogP contribution in [0.4, 0.5) is 0 Å². The molecule has 7 rings (SSSR count). The highest BCUT2D eigenvalue weighted by Gasteiger charge is 2.28. The lowest BCUT2D eigenvalue weighted by Gasteiger charge is -2.21. The Balaban J connectivity index is 0.959. The van der Waals surface area contributed by atoms with E-state index in [0.717, 1.165) is 83.3 Å². The van der Waals surface area contributed by atoms with Crippen molar-refractivity contribution in [2.75, 3.05) is 206 Å². The molecule has 26 nitrogen and oxygen atoms in total. The molecular formula is C73H96NO25P3. The number of benzene rings is 7. The summed E-state index contributed by atoms with van der Waals surface area (Å²) in [6, 6.07) is 37.5. The zero-order valence-electron chi connectivity index (χ0n) is 58.2. The largest absolute Gasteiger partial charge is 0.497 e. The number of rotatable bonds is 54.